The fourth-order valence-electron chi connectivity index (χ4n) is 3.69. The van der Waals surface area contributed by atoms with Crippen LogP contribution in [-0.2, 0) is 14.8 Å². The molecule has 174 valence electrons. The second-order valence-electron chi connectivity index (χ2n) is 7.98. The second-order valence-corrected chi connectivity index (χ2v) is 10.4. The van der Waals surface area contributed by atoms with Gasteiger partial charge in [-0.2, -0.15) is 9.40 Å². The molecule has 2 aromatic carbocycles. The number of hydrogen-bond donors (Lipinski definition) is 1. The van der Waals surface area contributed by atoms with Crippen LogP contribution in [0.15, 0.2) is 53.9 Å². The Hall–Kier alpha value is -2.79. The Labute approximate surface area is 198 Å². The SMILES string of the molecule is Cc1ccc(S(=O)(=O)N2CCN(CC(=O)Nc3cc(Cl)ccc3-n3cncn3)CC2)cc1C. The molecule has 9 nitrogen and oxygen atoms in total. The van der Waals surface area contributed by atoms with Crippen molar-refractivity contribution >= 4 is 33.2 Å². The number of aryl methyl sites for hydroxylation is 2. The highest BCUT2D eigenvalue weighted by Crippen LogP contribution is 2.24. The summed E-state index contributed by atoms with van der Waals surface area (Å²) < 4.78 is 29.0. The fraction of sp³-hybridized carbons (Fsp3) is 0.318. The van der Waals surface area contributed by atoms with Gasteiger partial charge in [0, 0.05) is 31.2 Å². The van der Waals surface area contributed by atoms with E-state index in [2.05, 4.69) is 15.4 Å². The first-order valence-electron chi connectivity index (χ1n) is 10.5. The molecule has 0 saturated carbocycles. The summed E-state index contributed by atoms with van der Waals surface area (Å²) in [5.41, 5.74) is 3.16. The van der Waals surface area contributed by atoms with Gasteiger partial charge in [-0.3, -0.25) is 9.69 Å². The van der Waals surface area contributed by atoms with Crippen LogP contribution in [0.25, 0.3) is 5.69 Å². The van der Waals surface area contributed by atoms with Crippen LogP contribution in [0.5, 0.6) is 0 Å². The maximum atomic E-state index is 13.0. The summed E-state index contributed by atoms with van der Waals surface area (Å²) in [7, 11) is -3.56. The Morgan fingerprint density at radius 3 is 2.48 bits per heavy atom. The van der Waals surface area contributed by atoms with Gasteiger partial charge in [-0.25, -0.2) is 18.1 Å². The molecular weight excluding hydrogens is 464 g/mol. The Morgan fingerprint density at radius 1 is 1.06 bits per heavy atom. The molecule has 1 N–H and O–H groups in total. The van der Waals surface area contributed by atoms with Crippen molar-refractivity contribution in [3.05, 3.63) is 65.2 Å². The van der Waals surface area contributed by atoms with Crippen LogP contribution in [0.4, 0.5) is 5.69 Å². The van der Waals surface area contributed by atoms with Crippen LogP contribution in [0.2, 0.25) is 5.02 Å². The van der Waals surface area contributed by atoms with Crippen LogP contribution in [0.1, 0.15) is 11.1 Å². The third-order valence-electron chi connectivity index (χ3n) is 5.71. The van der Waals surface area contributed by atoms with E-state index in [1.807, 2.05) is 24.8 Å². The van der Waals surface area contributed by atoms with Gasteiger partial charge < -0.3 is 5.32 Å². The van der Waals surface area contributed by atoms with Crippen molar-refractivity contribution in [1.29, 1.82) is 0 Å². The van der Waals surface area contributed by atoms with Gasteiger partial charge >= 0.3 is 0 Å². The van der Waals surface area contributed by atoms with Gasteiger partial charge in [0.1, 0.15) is 12.7 Å². The molecule has 1 aliphatic heterocycles. The fourth-order valence-corrected chi connectivity index (χ4v) is 5.37. The lowest BCUT2D eigenvalue weighted by atomic mass is 10.1. The lowest BCUT2D eigenvalue weighted by molar-refractivity contribution is -0.117. The van der Waals surface area contributed by atoms with E-state index in [1.165, 1.54) is 17.0 Å². The van der Waals surface area contributed by atoms with E-state index >= 15 is 0 Å². The molecule has 1 aromatic heterocycles. The Balaban J connectivity index is 1.37. The molecule has 1 saturated heterocycles. The molecule has 0 unspecified atom stereocenters. The number of sulfonamides is 1. The summed E-state index contributed by atoms with van der Waals surface area (Å²) in [6.45, 7) is 5.56. The van der Waals surface area contributed by atoms with Crippen LogP contribution in [-0.4, -0.2) is 71.0 Å². The van der Waals surface area contributed by atoms with Gasteiger partial charge in [-0.1, -0.05) is 17.7 Å². The Morgan fingerprint density at radius 2 is 1.82 bits per heavy atom. The van der Waals surface area contributed by atoms with E-state index in [9.17, 15) is 13.2 Å². The molecule has 1 aliphatic rings. The quantitative estimate of drug-likeness (QED) is 0.572. The third-order valence-corrected chi connectivity index (χ3v) is 7.84. The molecule has 0 radical (unpaired) electrons. The third kappa shape index (κ3) is 5.25. The summed E-state index contributed by atoms with van der Waals surface area (Å²) in [6.07, 6.45) is 2.94. The number of amides is 1. The zero-order chi connectivity index (χ0) is 23.6. The average molecular weight is 489 g/mol. The minimum absolute atomic E-state index is 0.140. The molecular formula is C22H25ClN6O3S. The average Bonchev–Trinajstić information content (AvgIpc) is 3.30. The Bertz CT molecular complexity index is 1260. The van der Waals surface area contributed by atoms with Gasteiger partial charge in [0.15, 0.2) is 0 Å². The summed E-state index contributed by atoms with van der Waals surface area (Å²) >= 11 is 6.11. The van der Waals surface area contributed by atoms with Crippen LogP contribution < -0.4 is 5.32 Å². The summed E-state index contributed by atoms with van der Waals surface area (Å²) in [4.78, 5) is 18.9. The van der Waals surface area contributed by atoms with E-state index in [4.69, 9.17) is 11.6 Å². The number of nitrogens with one attached hydrogen (secondary N) is 1. The number of halogens is 1. The van der Waals surface area contributed by atoms with Crippen molar-refractivity contribution in [3.63, 3.8) is 0 Å². The normalized spacial score (nSPS) is 15.5. The van der Waals surface area contributed by atoms with Crippen molar-refractivity contribution in [1.82, 2.24) is 24.0 Å². The van der Waals surface area contributed by atoms with Crippen molar-refractivity contribution in [2.75, 3.05) is 38.0 Å². The zero-order valence-corrected chi connectivity index (χ0v) is 20.0. The van der Waals surface area contributed by atoms with Gasteiger partial charge in [-0.15, -0.1) is 0 Å². The number of hydrogen-bond acceptors (Lipinski definition) is 6. The van der Waals surface area contributed by atoms with Crippen LogP contribution in [0, 0.1) is 13.8 Å². The highest BCUT2D eigenvalue weighted by Gasteiger charge is 2.29. The second kappa shape index (κ2) is 9.60. The molecule has 33 heavy (non-hydrogen) atoms. The number of piperazine rings is 1. The number of carbonyl (C=O) groups is 1. The minimum atomic E-state index is -3.56. The van der Waals surface area contributed by atoms with Crippen molar-refractivity contribution in [2.24, 2.45) is 0 Å². The van der Waals surface area contributed by atoms with E-state index in [-0.39, 0.29) is 12.5 Å². The molecule has 3 aromatic rings. The molecule has 4 rings (SSSR count). The Kier molecular flexibility index (Phi) is 6.80. The van der Waals surface area contributed by atoms with E-state index in [0.717, 1.165) is 11.1 Å². The number of rotatable bonds is 6. The highest BCUT2D eigenvalue weighted by molar-refractivity contribution is 7.89. The topological polar surface area (TPSA) is 100 Å². The van der Waals surface area contributed by atoms with Gasteiger partial charge in [0.25, 0.3) is 0 Å². The molecule has 1 amide bonds. The molecule has 0 aliphatic carbocycles. The van der Waals surface area contributed by atoms with Gasteiger partial charge in [-0.05, 0) is 55.3 Å². The number of anilines is 1. The zero-order valence-electron chi connectivity index (χ0n) is 18.4. The van der Waals surface area contributed by atoms with Crippen molar-refractivity contribution in [2.45, 2.75) is 18.7 Å². The van der Waals surface area contributed by atoms with Crippen LogP contribution >= 0.6 is 11.6 Å². The first-order chi connectivity index (χ1) is 15.7. The lowest BCUT2D eigenvalue weighted by Crippen LogP contribution is -2.50. The highest BCUT2D eigenvalue weighted by atomic mass is 35.5. The number of aromatic nitrogens is 3. The molecule has 0 spiro atoms. The van der Waals surface area contributed by atoms with Gasteiger partial charge in [0.05, 0.1) is 22.8 Å². The summed E-state index contributed by atoms with van der Waals surface area (Å²) in [5, 5.41) is 7.47. The van der Waals surface area contributed by atoms with Crippen molar-refractivity contribution < 1.29 is 13.2 Å². The summed E-state index contributed by atoms with van der Waals surface area (Å²) in [5.74, 6) is -0.218. The number of nitrogens with zero attached hydrogens (tertiary/aromatic N) is 5. The monoisotopic (exact) mass is 488 g/mol. The first kappa shape index (κ1) is 23.4. The number of carbonyl (C=O) groups excluding carboxylic acids is 1. The summed E-state index contributed by atoms with van der Waals surface area (Å²) in [6, 6.07) is 10.3. The lowest BCUT2D eigenvalue weighted by Gasteiger charge is -2.33. The molecule has 1 fully saturated rings. The molecule has 2 heterocycles. The standard InChI is InChI=1S/C22H25ClN6O3S/c1-16-3-5-19(11-17(16)2)33(31,32)28-9-7-27(8-10-28)13-22(30)26-20-12-18(23)4-6-21(20)29-15-24-14-25-29/h3-6,11-12,14-15H,7-10,13H2,1-2H3,(H,26,30). The largest absolute Gasteiger partial charge is 0.323 e. The smallest absolute Gasteiger partial charge is 0.243 e. The predicted molar refractivity (Wildman–Crippen MR) is 126 cm³/mol. The molecule has 11 heteroatoms. The minimum Gasteiger partial charge on any atom is -0.323 e. The molecule has 0 bridgehead atoms. The number of benzene rings is 2. The van der Waals surface area contributed by atoms with E-state index in [0.29, 0.717) is 47.5 Å². The van der Waals surface area contributed by atoms with E-state index < -0.39 is 10.0 Å². The molecule has 0 atom stereocenters. The maximum absolute atomic E-state index is 13.0. The van der Waals surface area contributed by atoms with Crippen molar-refractivity contribution in [3.8, 4) is 5.69 Å². The maximum Gasteiger partial charge on any atom is 0.243 e. The van der Waals surface area contributed by atoms with E-state index in [1.54, 1.807) is 35.0 Å². The van der Waals surface area contributed by atoms with Crippen LogP contribution in [0.3, 0.4) is 0 Å². The first-order valence-corrected chi connectivity index (χ1v) is 12.3. The predicted octanol–water partition coefficient (Wildman–Crippen LogP) is 2.48. The van der Waals surface area contributed by atoms with Gasteiger partial charge in [0.2, 0.25) is 15.9 Å².